The van der Waals surface area contributed by atoms with Crippen LogP contribution in [0.25, 0.3) is 0 Å². The van der Waals surface area contributed by atoms with Crippen molar-refractivity contribution < 1.29 is 22.5 Å². The zero-order valence-corrected chi connectivity index (χ0v) is 21.0. The second kappa shape index (κ2) is 10.4. The Bertz CT molecular complexity index is 1090. The van der Waals surface area contributed by atoms with E-state index in [4.69, 9.17) is 9.26 Å². The minimum Gasteiger partial charge on any atom is -0.497 e. The van der Waals surface area contributed by atoms with Gasteiger partial charge in [-0.3, -0.25) is 4.79 Å². The molecule has 1 amide bonds. The predicted molar refractivity (Wildman–Crippen MR) is 126 cm³/mol. The minimum absolute atomic E-state index is 0.0245. The molecule has 1 aromatic heterocycles. The van der Waals surface area contributed by atoms with E-state index in [1.54, 1.807) is 26.0 Å². The molecule has 0 bridgehead atoms. The number of rotatable bonds is 8. The Morgan fingerprint density at radius 1 is 1.15 bits per heavy atom. The molecule has 2 fully saturated rings. The molecular formula is C24H34N4O5S. The maximum atomic E-state index is 13.0. The number of hydrogen-bond donors (Lipinski definition) is 1. The third-order valence-electron chi connectivity index (χ3n) is 6.84. The van der Waals surface area contributed by atoms with Gasteiger partial charge in [-0.1, -0.05) is 5.16 Å². The molecule has 1 aliphatic heterocycles. The van der Waals surface area contributed by atoms with Crippen molar-refractivity contribution in [1.29, 1.82) is 0 Å². The number of aryl methyl sites for hydroxylation is 2. The number of hydrogen-bond acceptors (Lipinski definition) is 8. The van der Waals surface area contributed by atoms with Crippen molar-refractivity contribution in [3.05, 3.63) is 35.0 Å². The van der Waals surface area contributed by atoms with Gasteiger partial charge >= 0.3 is 0 Å². The number of nitrogens with zero attached hydrogens (tertiary/aromatic N) is 3. The highest BCUT2D eigenvalue weighted by atomic mass is 32.2. The summed E-state index contributed by atoms with van der Waals surface area (Å²) in [4.78, 5) is 19.5. The molecule has 0 unspecified atom stereocenters. The summed E-state index contributed by atoms with van der Waals surface area (Å²) in [6.45, 7) is 5.86. The van der Waals surface area contributed by atoms with Crippen molar-refractivity contribution >= 4 is 15.7 Å². The van der Waals surface area contributed by atoms with Gasteiger partial charge in [0.25, 0.3) is 0 Å². The third kappa shape index (κ3) is 5.78. The number of carbonyl (C=O) groups excluding carboxylic acids is 1. The highest BCUT2D eigenvalue weighted by Gasteiger charge is 2.29. The number of carbonyl (C=O) groups is 1. The fourth-order valence-electron chi connectivity index (χ4n) is 5.29. The molecule has 0 atom stereocenters. The molecule has 1 N–H and O–H groups in total. The van der Waals surface area contributed by atoms with Crippen LogP contribution in [-0.2, 0) is 26.8 Å². The van der Waals surface area contributed by atoms with E-state index in [-0.39, 0.29) is 35.0 Å². The second-order valence-electron chi connectivity index (χ2n) is 9.45. The molecule has 1 saturated heterocycles. The van der Waals surface area contributed by atoms with Crippen LogP contribution in [0, 0.1) is 13.8 Å². The van der Waals surface area contributed by atoms with E-state index in [1.165, 1.54) is 33.0 Å². The lowest BCUT2D eigenvalue weighted by molar-refractivity contribution is -0.121. The number of amides is 1. The summed E-state index contributed by atoms with van der Waals surface area (Å²) in [5.74, 6) is 0.183. The van der Waals surface area contributed by atoms with Crippen LogP contribution in [0.1, 0.15) is 61.4 Å². The fourth-order valence-corrected chi connectivity index (χ4v) is 6.97. The lowest BCUT2D eigenvalue weighted by Crippen LogP contribution is -2.43. The number of nitrogens with one attached hydrogen (secondary N) is 1. The first kappa shape index (κ1) is 24.7. The molecule has 34 heavy (non-hydrogen) atoms. The Morgan fingerprint density at radius 2 is 1.79 bits per heavy atom. The predicted octanol–water partition coefficient (Wildman–Crippen LogP) is 2.73. The van der Waals surface area contributed by atoms with Crippen LogP contribution < -0.4 is 10.1 Å². The molecule has 10 heteroatoms. The van der Waals surface area contributed by atoms with Crippen LogP contribution >= 0.6 is 0 Å². The van der Waals surface area contributed by atoms with Crippen molar-refractivity contribution in [3.8, 4) is 5.75 Å². The Labute approximate surface area is 201 Å². The van der Waals surface area contributed by atoms with Crippen molar-refractivity contribution in [3.63, 3.8) is 0 Å². The van der Waals surface area contributed by atoms with E-state index in [2.05, 4.69) is 20.4 Å². The third-order valence-corrected chi connectivity index (χ3v) is 8.73. The van der Waals surface area contributed by atoms with E-state index >= 15 is 0 Å². The smallest absolute Gasteiger partial charge is 0.242 e. The summed E-state index contributed by atoms with van der Waals surface area (Å²) in [6, 6.07) is 4.18. The highest BCUT2D eigenvalue weighted by molar-refractivity contribution is 7.90. The fraction of sp³-hybridized carbons (Fsp3) is 0.625. The van der Waals surface area contributed by atoms with Crippen LogP contribution in [0.15, 0.2) is 21.6 Å². The van der Waals surface area contributed by atoms with Gasteiger partial charge < -0.3 is 19.5 Å². The lowest BCUT2D eigenvalue weighted by Gasteiger charge is -2.34. The van der Waals surface area contributed by atoms with Crippen molar-refractivity contribution in [1.82, 2.24) is 20.4 Å². The Balaban J connectivity index is 1.31. The summed E-state index contributed by atoms with van der Waals surface area (Å²) in [5, 5.41) is 6.90. The number of aromatic nitrogens is 2. The molecule has 2 aromatic rings. The van der Waals surface area contributed by atoms with E-state index in [9.17, 15) is 13.2 Å². The van der Waals surface area contributed by atoms with Gasteiger partial charge in [0.2, 0.25) is 11.8 Å². The Hall–Kier alpha value is -2.46. The number of benzene rings is 1. The average molecular weight is 491 g/mol. The average Bonchev–Trinajstić information content (AvgIpc) is 3.45. The normalized spacial score (nSPS) is 21.5. The molecule has 1 saturated carbocycles. The van der Waals surface area contributed by atoms with Crippen LogP contribution in [0.2, 0.25) is 0 Å². The van der Waals surface area contributed by atoms with Crippen molar-refractivity contribution in [2.75, 3.05) is 20.2 Å². The first-order valence-corrected chi connectivity index (χ1v) is 13.6. The molecule has 186 valence electrons. The van der Waals surface area contributed by atoms with Gasteiger partial charge in [0, 0.05) is 12.1 Å². The van der Waals surface area contributed by atoms with Crippen molar-refractivity contribution in [2.24, 2.45) is 0 Å². The summed E-state index contributed by atoms with van der Waals surface area (Å²) in [7, 11) is -2.17. The monoisotopic (exact) mass is 490 g/mol. The van der Waals surface area contributed by atoms with Gasteiger partial charge in [-0.15, -0.1) is 0 Å². The van der Waals surface area contributed by atoms with Crippen LogP contribution in [-0.4, -0.2) is 61.6 Å². The molecular weight excluding hydrogens is 456 g/mol. The standard InChI is InChI=1S/C24H34N4O5S/c1-16-12-20(32-3)13-17(2)24(16)34(30,31)15-23-26-21(27-33-23)14-22(29)25-18-6-8-19(9-7-18)28-10-4-5-11-28/h12-13,18-19H,4-11,14-15H2,1-3H3,(H,25,29). The summed E-state index contributed by atoms with van der Waals surface area (Å²) < 4.78 is 36.4. The van der Waals surface area contributed by atoms with Crippen molar-refractivity contribution in [2.45, 2.75) is 81.5 Å². The van der Waals surface area contributed by atoms with E-state index in [0.29, 0.717) is 22.9 Å². The number of ether oxygens (including phenoxy) is 1. The van der Waals surface area contributed by atoms with E-state index < -0.39 is 15.6 Å². The number of likely N-dealkylation sites (tertiary alicyclic amines) is 1. The summed E-state index contributed by atoms with van der Waals surface area (Å²) in [6.07, 6.45) is 6.73. The van der Waals surface area contributed by atoms with Crippen LogP contribution in [0.5, 0.6) is 5.75 Å². The van der Waals surface area contributed by atoms with E-state index in [0.717, 1.165) is 25.7 Å². The van der Waals surface area contributed by atoms with Gasteiger partial charge in [-0.25, -0.2) is 8.42 Å². The van der Waals surface area contributed by atoms with Gasteiger partial charge in [-0.05, 0) is 88.7 Å². The maximum Gasteiger partial charge on any atom is 0.242 e. The first-order chi connectivity index (χ1) is 16.2. The summed E-state index contributed by atoms with van der Waals surface area (Å²) in [5.41, 5.74) is 1.19. The number of methoxy groups -OCH3 is 1. The lowest BCUT2D eigenvalue weighted by atomic mass is 9.90. The van der Waals surface area contributed by atoms with Gasteiger partial charge in [-0.2, -0.15) is 4.98 Å². The molecule has 4 rings (SSSR count). The first-order valence-electron chi connectivity index (χ1n) is 12.0. The molecule has 0 radical (unpaired) electrons. The minimum atomic E-state index is -3.71. The van der Waals surface area contributed by atoms with Crippen LogP contribution in [0.3, 0.4) is 0 Å². The molecule has 1 aliphatic carbocycles. The van der Waals surface area contributed by atoms with E-state index in [1.807, 2.05) is 0 Å². The zero-order valence-electron chi connectivity index (χ0n) is 20.2. The quantitative estimate of drug-likeness (QED) is 0.601. The SMILES string of the molecule is COc1cc(C)c(S(=O)(=O)Cc2nc(CC(=O)NC3CCC(N4CCCC4)CC3)no2)c(C)c1. The Morgan fingerprint density at radius 3 is 2.41 bits per heavy atom. The molecule has 0 spiro atoms. The largest absolute Gasteiger partial charge is 0.497 e. The molecule has 1 aromatic carbocycles. The molecule has 9 nitrogen and oxygen atoms in total. The zero-order chi connectivity index (χ0) is 24.3. The highest BCUT2D eigenvalue weighted by Crippen LogP contribution is 2.28. The van der Waals surface area contributed by atoms with Gasteiger partial charge in [0.05, 0.1) is 18.4 Å². The van der Waals surface area contributed by atoms with Gasteiger partial charge in [0.1, 0.15) is 11.5 Å². The Kier molecular flexibility index (Phi) is 7.57. The second-order valence-corrected chi connectivity index (χ2v) is 11.4. The molecule has 2 aliphatic rings. The van der Waals surface area contributed by atoms with Crippen LogP contribution in [0.4, 0.5) is 0 Å². The number of sulfone groups is 1. The topological polar surface area (TPSA) is 115 Å². The maximum absolute atomic E-state index is 13.0. The molecule has 2 heterocycles. The summed E-state index contributed by atoms with van der Waals surface area (Å²) >= 11 is 0. The van der Waals surface area contributed by atoms with Gasteiger partial charge in [0.15, 0.2) is 15.7 Å².